The first-order chi connectivity index (χ1) is 6.97. The van der Waals surface area contributed by atoms with Gasteiger partial charge >= 0.3 is 12.1 Å². The number of carboxylic acids is 1. The summed E-state index contributed by atoms with van der Waals surface area (Å²) >= 11 is 5.08. The van der Waals surface area contributed by atoms with Gasteiger partial charge in [0, 0.05) is 6.42 Å². The zero-order chi connectivity index (χ0) is 11.8. The van der Waals surface area contributed by atoms with Crippen LogP contribution >= 0.6 is 11.6 Å². The molecule has 15 heavy (non-hydrogen) atoms. The Labute approximate surface area is 90.5 Å². The van der Waals surface area contributed by atoms with E-state index in [1.807, 2.05) is 5.32 Å². The smallest absolute Gasteiger partial charge is 0.409 e. The van der Waals surface area contributed by atoms with E-state index in [9.17, 15) is 14.4 Å². The third kappa shape index (κ3) is 6.55. The summed E-state index contributed by atoms with van der Waals surface area (Å²) in [5.74, 6) is -1.92. The second-order valence-electron chi connectivity index (χ2n) is 2.58. The standard InChI is InChI=1S/C7H11ClN2O5/c8-3-15-7(14)10-4(6(12)13)1-2-5(9)11/h4H,1-3H2,(H2,9,11)(H,10,14)(H,12,13). The highest BCUT2D eigenvalue weighted by Crippen LogP contribution is 1.98. The van der Waals surface area contributed by atoms with E-state index in [0.29, 0.717) is 0 Å². The highest BCUT2D eigenvalue weighted by atomic mass is 35.5. The summed E-state index contributed by atoms with van der Waals surface area (Å²) in [6.07, 6.45) is -1.19. The third-order valence-corrected chi connectivity index (χ3v) is 1.56. The first-order valence-corrected chi connectivity index (χ1v) is 4.51. The molecule has 0 aliphatic carbocycles. The maximum atomic E-state index is 10.8. The molecule has 0 heterocycles. The number of halogens is 1. The van der Waals surface area contributed by atoms with Gasteiger partial charge in [-0.3, -0.25) is 4.79 Å². The number of primary amides is 1. The molecule has 0 fully saturated rings. The predicted octanol–water partition coefficient (Wildman–Crippen LogP) is -0.372. The number of hydrogen-bond donors (Lipinski definition) is 3. The van der Waals surface area contributed by atoms with Crippen LogP contribution in [0, 0.1) is 0 Å². The number of carbonyl (C=O) groups excluding carboxylic acids is 2. The summed E-state index contributed by atoms with van der Waals surface area (Å²) in [7, 11) is 0. The highest BCUT2D eigenvalue weighted by Gasteiger charge is 2.20. The minimum absolute atomic E-state index is 0.0952. The van der Waals surface area contributed by atoms with E-state index in [2.05, 4.69) is 4.74 Å². The zero-order valence-corrected chi connectivity index (χ0v) is 8.49. The van der Waals surface area contributed by atoms with Gasteiger partial charge in [0.1, 0.15) is 6.04 Å². The van der Waals surface area contributed by atoms with Crippen molar-refractivity contribution in [2.45, 2.75) is 18.9 Å². The molecule has 0 rings (SSSR count). The Balaban J connectivity index is 4.10. The number of carbonyl (C=O) groups is 3. The molecule has 1 unspecified atom stereocenters. The predicted molar refractivity (Wildman–Crippen MR) is 50.2 cm³/mol. The highest BCUT2D eigenvalue weighted by molar-refractivity contribution is 6.17. The Morgan fingerprint density at radius 2 is 2.07 bits per heavy atom. The summed E-state index contributed by atoms with van der Waals surface area (Å²) in [6.45, 7) is 0. The molecule has 0 aliphatic rings. The Kier molecular flexibility index (Phi) is 6.19. The molecule has 4 N–H and O–H groups in total. The molecule has 0 saturated carbocycles. The van der Waals surface area contributed by atoms with E-state index in [0.717, 1.165) is 0 Å². The molecule has 0 radical (unpaired) electrons. The second kappa shape index (κ2) is 6.88. The Morgan fingerprint density at radius 1 is 1.47 bits per heavy atom. The van der Waals surface area contributed by atoms with Crippen molar-refractivity contribution in [1.29, 1.82) is 0 Å². The van der Waals surface area contributed by atoms with Crippen LogP contribution in [0.1, 0.15) is 12.8 Å². The van der Waals surface area contributed by atoms with Crippen LogP contribution in [-0.4, -0.2) is 35.2 Å². The molecule has 2 amide bonds. The lowest BCUT2D eigenvalue weighted by atomic mass is 10.1. The van der Waals surface area contributed by atoms with Gasteiger partial charge in [-0.2, -0.15) is 0 Å². The number of alkyl halides is 1. The van der Waals surface area contributed by atoms with Crippen LogP contribution in [0.15, 0.2) is 0 Å². The van der Waals surface area contributed by atoms with Crippen molar-refractivity contribution in [2.24, 2.45) is 5.73 Å². The van der Waals surface area contributed by atoms with Gasteiger partial charge in [-0.1, -0.05) is 11.6 Å². The number of alkyl carbamates (subject to hydrolysis) is 1. The average molecular weight is 239 g/mol. The third-order valence-electron chi connectivity index (χ3n) is 1.46. The molecule has 0 aromatic carbocycles. The molecule has 0 aliphatic heterocycles. The van der Waals surface area contributed by atoms with Gasteiger partial charge in [0.25, 0.3) is 0 Å². The number of nitrogens with one attached hydrogen (secondary N) is 1. The molecule has 0 aromatic rings. The fraction of sp³-hybridized carbons (Fsp3) is 0.571. The van der Waals surface area contributed by atoms with Crippen LogP contribution in [-0.2, 0) is 14.3 Å². The van der Waals surface area contributed by atoms with Crippen molar-refractivity contribution in [3.8, 4) is 0 Å². The van der Waals surface area contributed by atoms with Crippen molar-refractivity contribution >= 4 is 29.6 Å². The van der Waals surface area contributed by atoms with E-state index in [1.165, 1.54) is 0 Å². The molecule has 8 heteroatoms. The van der Waals surface area contributed by atoms with Crippen molar-refractivity contribution in [3.63, 3.8) is 0 Å². The molecule has 0 spiro atoms. The van der Waals surface area contributed by atoms with E-state index < -0.39 is 24.0 Å². The molecular weight excluding hydrogens is 228 g/mol. The topological polar surface area (TPSA) is 119 Å². The number of carboxylic acid groups (broad SMARTS) is 1. The molecule has 7 nitrogen and oxygen atoms in total. The summed E-state index contributed by atoms with van der Waals surface area (Å²) in [6, 6.07) is -1.60. The van der Waals surface area contributed by atoms with Crippen LogP contribution in [0.25, 0.3) is 0 Å². The van der Waals surface area contributed by atoms with Crippen molar-refractivity contribution in [3.05, 3.63) is 0 Å². The quantitative estimate of drug-likeness (QED) is 0.546. The summed E-state index contributed by atoms with van der Waals surface area (Å²) in [5.41, 5.74) is 4.83. The second-order valence-corrected chi connectivity index (χ2v) is 2.80. The number of aliphatic carboxylic acids is 1. The Morgan fingerprint density at radius 3 is 2.47 bits per heavy atom. The van der Waals surface area contributed by atoms with Gasteiger partial charge in [-0.15, -0.1) is 0 Å². The molecule has 0 aromatic heterocycles. The molecule has 86 valence electrons. The van der Waals surface area contributed by atoms with E-state index in [-0.39, 0.29) is 18.9 Å². The van der Waals surface area contributed by atoms with Crippen LogP contribution in [0.3, 0.4) is 0 Å². The lowest BCUT2D eigenvalue weighted by Gasteiger charge is -2.12. The van der Waals surface area contributed by atoms with E-state index in [4.69, 9.17) is 22.4 Å². The fourth-order valence-corrected chi connectivity index (χ4v) is 0.877. The Hall–Kier alpha value is -1.50. The molecule has 0 saturated heterocycles. The van der Waals surface area contributed by atoms with Gasteiger partial charge in [-0.05, 0) is 6.42 Å². The van der Waals surface area contributed by atoms with E-state index in [1.54, 1.807) is 0 Å². The van der Waals surface area contributed by atoms with E-state index >= 15 is 0 Å². The first kappa shape index (κ1) is 13.5. The van der Waals surface area contributed by atoms with Gasteiger partial charge in [0.2, 0.25) is 5.91 Å². The first-order valence-electron chi connectivity index (χ1n) is 3.97. The molecule has 0 bridgehead atoms. The van der Waals surface area contributed by atoms with Crippen LogP contribution in [0.2, 0.25) is 0 Å². The Bertz CT molecular complexity index is 258. The number of hydrogen-bond acceptors (Lipinski definition) is 4. The molecule has 1 atom stereocenters. The lowest BCUT2D eigenvalue weighted by molar-refractivity contribution is -0.139. The largest absolute Gasteiger partial charge is 0.480 e. The number of amides is 2. The van der Waals surface area contributed by atoms with Crippen LogP contribution in [0.5, 0.6) is 0 Å². The van der Waals surface area contributed by atoms with Gasteiger partial charge < -0.3 is 20.9 Å². The zero-order valence-electron chi connectivity index (χ0n) is 7.73. The minimum atomic E-state index is -1.28. The number of nitrogens with two attached hydrogens (primary N) is 1. The monoisotopic (exact) mass is 238 g/mol. The van der Waals surface area contributed by atoms with Crippen LogP contribution < -0.4 is 11.1 Å². The normalized spacial score (nSPS) is 11.5. The average Bonchev–Trinajstić information content (AvgIpc) is 2.11. The van der Waals surface area contributed by atoms with Gasteiger partial charge in [-0.25, -0.2) is 9.59 Å². The molecular formula is C7H11ClN2O5. The van der Waals surface area contributed by atoms with Gasteiger partial charge in [0.15, 0.2) is 6.07 Å². The van der Waals surface area contributed by atoms with Gasteiger partial charge in [0.05, 0.1) is 0 Å². The lowest BCUT2D eigenvalue weighted by Crippen LogP contribution is -2.41. The van der Waals surface area contributed by atoms with Crippen LogP contribution in [0.4, 0.5) is 4.79 Å². The van der Waals surface area contributed by atoms with Crippen molar-refractivity contribution < 1.29 is 24.2 Å². The van der Waals surface area contributed by atoms with Crippen molar-refractivity contribution in [2.75, 3.05) is 6.07 Å². The summed E-state index contributed by atoms with van der Waals surface area (Å²) < 4.78 is 4.27. The summed E-state index contributed by atoms with van der Waals surface area (Å²) in [4.78, 5) is 31.8. The number of rotatable bonds is 6. The maximum Gasteiger partial charge on any atom is 0.409 e. The SMILES string of the molecule is NC(=O)CCC(NC(=O)OCCl)C(=O)O. The fourth-order valence-electron chi connectivity index (χ4n) is 0.777. The number of ether oxygens (including phenoxy) is 1. The van der Waals surface area contributed by atoms with Crippen molar-refractivity contribution in [1.82, 2.24) is 5.32 Å². The summed E-state index contributed by atoms with van der Waals surface area (Å²) in [5, 5.41) is 10.7. The minimum Gasteiger partial charge on any atom is -0.480 e. The maximum absolute atomic E-state index is 10.8.